The number of thiophene rings is 1. The van der Waals surface area contributed by atoms with Gasteiger partial charge in [-0.3, -0.25) is 4.79 Å². The Morgan fingerprint density at radius 3 is 2.48 bits per heavy atom. The molecule has 0 aliphatic carbocycles. The average Bonchev–Trinajstić information content (AvgIpc) is 2.96. The van der Waals surface area contributed by atoms with Crippen molar-refractivity contribution < 1.29 is 4.79 Å². The Kier molecular flexibility index (Phi) is 4.51. The summed E-state index contributed by atoms with van der Waals surface area (Å²) >= 11 is 5.63. The van der Waals surface area contributed by atoms with Crippen LogP contribution in [0.4, 0.5) is 11.4 Å². The van der Waals surface area contributed by atoms with E-state index in [4.69, 9.17) is 0 Å². The molecule has 0 unspecified atom stereocenters. The SMILES string of the molecule is O=C(Nc1ccc(N2CCCCC2)cc1)c1cc(S)cs1. The average molecular weight is 318 g/mol. The zero-order chi connectivity index (χ0) is 14.7. The molecule has 1 fully saturated rings. The second-order valence-corrected chi connectivity index (χ2v) is 6.65. The molecule has 1 N–H and O–H groups in total. The molecule has 1 amide bonds. The van der Waals surface area contributed by atoms with Crippen molar-refractivity contribution in [3.8, 4) is 0 Å². The lowest BCUT2D eigenvalue weighted by atomic mass is 10.1. The van der Waals surface area contributed by atoms with Crippen molar-refractivity contribution in [3.63, 3.8) is 0 Å². The molecule has 1 aliphatic heterocycles. The molecule has 1 aromatic heterocycles. The topological polar surface area (TPSA) is 32.3 Å². The Morgan fingerprint density at radius 1 is 1.14 bits per heavy atom. The van der Waals surface area contributed by atoms with Crippen LogP contribution in [0.15, 0.2) is 40.6 Å². The van der Waals surface area contributed by atoms with Crippen molar-refractivity contribution in [3.05, 3.63) is 40.6 Å². The molecule has 0 radical (unpaired) electrons. The molecule has 2 aromatic rings. The van der Waals surface area contributed by atoms with Crippen molar-refractivity contribution in [1.82, 2.24) is 0 Å². The number of hydrogen-bond donors (Lipinski definition) is 2. The molecule has 1 saturated heterocycles. The summed E-state index contributed by atoms with van der Waals surface area (Å²) in [6, 6.07) is 9.89. The van der Waals surface area contributed by atoms with Gasteiger partial charge in [-0.15, -0.1) is 24.0 Å². The van der Waals surface area contributed by atoms with Gasteiger partial charge in [0.15, 0.2) is 0 Å². The Hall–Kier alpha value is -1.46. The molecule has 21 heavy (non-hydrogen) atoms. The van der Waals surface area contributed by atoms with E-state index in [2.05, 4.69) is 35.0 Å². The highest BCUT2D eigenvalue weighted by Gasteiger charge is 2.12. The zero-order valence-corrected chi connectivity index (χ0v) is 13.4. The van der Waals surface area contributed by atoms with Gasteiger partial charge >= 0.3 is 0 Å². The van der Waals surface area contributed by atoms with E-state index in [0.29, 0.717) is 4.88 Å². The summed E-state index contributed by atoms with van der Waals surface area (Å²) in [6.07, 6.45) is 3.87. The molecule has 2 heterocycles. The molecule has 0 bridgehead atoms. The smallest absolute Gasteiger partial charge is 0.265 e. The Labute approximate surface area is 134 Å². The number of carbonyl (C=O) groups is 1. The maximum atomic E-state index is 12.1. The lowest BCUT2D eigenvalue weighted by molar-refractivity contribution is 0.103. The van der Waals surface area contributed by atoms with E-state index in [1.807, 2.05) is 17.5 Å². The highest BCUT2D eigenvalue weighted by Crippen LogP contribution is 2.23. The number of piperidine rings is 1. The van der Waals surface area contributed by atoms with Crippen LogP contribution in [-0.2, 0) is 0 Å². The molecule has 110 valence electrons. The number of nitrogens with zero attached hydrogens (tertiary/aromatic N) is 1. The van der Waals surface area contributed by atoms with E-state index >= 15 is 0 Å². The summed E-state index contributed by atoms with van der Waals surface area (Å²) in [5.74, 6) is -0.0778. The lowest BCUT2D eigenvalue weighted by Crippen LogP contribution is -2.29. The zero-order valence-electron chi connectivity index (χ0n) is 11.7. The maximum absolute atomic E-state index is 12.1. The minimum atomic E-state index is -0.0778. The van der Waals surface area contributed by atoms with Gasteiger partial charge in [0.2, 0.25) is 0 Å². The summed E-state index contributed by atoms with van der Waals surface area (Å²) < 4.78 is 0. The highest BCUT2D eigenvalue weighted by molar-refractivity contribution is 7.80. The molecular formula is C16H18N2OS2. The van der Waals surface area contributed by atoms with E-state index in [9.17, 15) is 4.79 Å². The van der Waals surface area contributed by atoms with Crippen LogP contribution in [0.1, 0.15) is 28.9 Å². The fraction of sp³-hybridized carbons (Fsp3) is 0.312. The Balaban J connectivity index is 1.65. The third-order valence-electron chi connectivity index (χ3n) is 3.66. The number of rotatable bonds is 3. The largest absolute Gasteiger partial charge is 0.372 e. The first kappa shape index (κ1) is 14.5. The summed E-state index contributed by atoms with van der Waals surface area (Å²) in [7, 11) is 0. The van der Waals surface area contributed by atoms with Crippen LogP contribution in [0.3, 0.4) is 0 Å². The maximum Gasteiger partial charge on any atom is 0.265 e. The first-order valence-corrected chi connectivity index (χ1v) is 8.49. The van der Waals surface area contributed by atoms with Crippen molar-refractivity contribution in [1.29, 1.82) is 0 Å². The van der Waals surface area contributed by atoms with Crippen molar-refractivity contribution >= 4 is 41.2 Å². The Morgan fingerprint density at radius 2 is 1.86 bits per heavy atom. The van der Waals surface area contributed by atoms with Gasteiger partial charge in [-0.1, -0.05) is 0 Å². The molecule has 0 spiro atoms. The standard InChI is InChI=1S/C16H18N2OS2/c19-16(15-10-14(20)11-21-15)17-12-4-6-13(7-5-12)18-8-2-1-3-9-18/h4-7,10-11,20H,1-3,8-9H2,(H,17,19). The minimum absolute atomic E-state index is 0.0778. The van der Waals surface area contributed by atoms with Crippen LogP contribution >= 0.6 is 24.0 Å². The van der Waals surface area contributed by atoms with Gasteiger partial charge in [0.05, 0.1) is 4.88 Å². The summed E-state index contributed by atoms with van der Waals surface area (Å²) in [5, 5.41) is 4.78. The number of benzene rings is 1. The first-order valence-electron chi connectivity index (χ1n) is 7.16. The van der Waals surface area contributed by atoms with Crippen LogP contribution < -0.4 is 10.2 Å². The summed E-state index contributed by atoms with van der Waals surface area (Å²) in [6.45, 7) is 2.26. The highest BCUT2D eigenvalue weighted by atomic mass is 32.1. The second kappa shape index (κ2) is 6.54. The molecule has 5 heteroatoms. The quantitative estimate of drug-likeness (QED) is 0.828. The van der Waals surface area contributed by atoms with Crippen LogP contribution in [0.25, 0.3) is 0 Å². The van der Waals surface area contributed by atoms with Gasteiger partial charge < -0.3 is 10.2 Å². The summed E-state index contributed by atoms with van der Waals surface area (Å²) in [4.78, 5) is 16.0. The van der Waals surface area contributed by atoms with Gasteiger partial charge in [0.25, 0.3) is 5.91 Å². The third kappa shape index (κ3) is 3.60. The van der Waals surface area contributed by atoms with E-state index in [-0.39, 0.29) is 5.91 Å². The van der Waals surface area contributed by atoms with Crippen LogP contribution in [0.5, 0.6) is 0 Å². The lowest BCUT2D eigenvalue weighted by Gasteiger charge is -2.28. The number of thiol groups is 1. The predicted molar refractivity (Wildman–Crippen MR) is 92.0 cm³/mol. The van der Waals surface area contributed by atoms with Gasteiger partial charge in [0, 0.05) is 34.7 Å². The van der Waals surface area contributed by atoms with E-state index in [1.54, 1.807) is 6.07 Å². The second-order valence-electron chi connectivity index (χ2n) is 5.22. The van der Waals surface area contributed by atoms with E-state index in [0.717, 1.165) is 23.7 Å². The summed E-state index contributed by atoms with van der Waals surface area (Å²) in [5.41, 5.74) is 2.07. The number of amides is 1. The molecule has 0 saturated carbocycles. The Bertz CT molecular complexity index is 615. The number of carbonyl (C=O) groups excluding carboxylic acids is 1. The van der Waals surface area contributed by atoms with Crippen LogP contribution in [0, 0.1) is 0 Å². The van der Waals surface area contributed by atoms with Crippen LogP contribution in [0.2, 0.25) is 0 Å². The molecule has 1 aliphatic rings. The van der Waals surface area contributed by atoms with E-state index < -0.39 is 0 Å². The monoisotopic (exact) mass is 318 g/mol. The number of hydrogen-bond acceptors (Lipinski definition) is 4. The fourth-order valence-electron chi connectivity index (χ4n) is 2.55. The van der Waals surface area contributed by atoms with Crippen molar-refractivity contribution in [2.45, 2.75) is 24.2 Å². The molecular weight excluding hydrogens is 300 g/mol. The van der Waals surface area contributed by atoms with Gasteiger partial charge in [-0.25, -0.2) is 0 Å². The van der Waals surface area contributed by atoms with Gasteiger partial charge in [0.1, 0.15) is 0 Å². The van der Waals surface area contributed by atoms with Gasteiger partial charge in [-0.2, -0.15) is 0 Å². The molecule has 3 nitrogen and oxygen atoms in total. The van der Waals surface area contributed by atoms with Gasteiger partial charge in [-0.05, 0) is 49.6 Å². The van der Waals surface area contributed by atoms with Crippen molar-refractivity contribution in [2.24, 2.45) is 0 Å². The fourth-order valence-corrected chi connectivity index (χ4v) is 3.59. The predicted octanol–water partition coefficient (Wildman–Crippen LogP) is 4.28. The van der Waals surface area contributed by atoms with E-state index in [1.165, 1.54) is 36.3 Å². The number of nitrogens with one attached hydrogen (secondary N) is 1. The number of anilines is 2. The molecule has 0 atom stereocenters. The van der Waals surface area contributed by atoms with Crippen molar-refractivity contribution in [2.75, 3.05) is 23.3 Å². The molecule has 3 rings (SSSR count). The van der Waals surface area contributed by atoms with Crippen LogP contribution in [-0.4, -0.2) is 19.0 Å². The molecule has 1 aromatic carbocycles. The minimum Gasteiger partial charge on any atom is -0.372 e. The first-order chi connectivity index (χ1) is 10.2. The normalized spacial score (nSPS) is 15.0. The third-order valence-corrected chi connectivity index (χ3v) is 5.02.